The molecule has 2 heterocycles. The lowest BCUT2D eigenvalue weighted by Gasteiger charge is -2.51. The van der Waals surface area contributed by atoms with Gasteiger partial charge in [0, 0.05) is 36.2 Å². The van der Waals surface area contributed by atoms with Crippen molar-refractivity contribution in [1.82, 2.24) is 0 Å². The van der Waals surface area contributed by atoms with Crippen LogP contribution in [0.1, 0.15) is 53.0 Å². The van der Waals surface area contributed by atoms with Gasteiger partial charge in [-0.3, -0.25) is 10.1 Å². The SMILES string of the molecule is Cc1cc2c3c(c1)[C@@H]1C=CC[C@H]1[C@H](c1ccc([N+](=O)[O-])cc1)N3C[C@H]1CC=C[C@H]21. The second kappa shape index (κ2) is 6.06. The van der Waals surface area contributed by atoms with E-state index in [4.69, 9.17) is 0 Å². The lowest BCUT2D eigenvalue weighted by Crippen LogP contribution is -2.46. The lowest BCUT2D eigenvalue weighted by atomic mass is 9.70. The van der Waals surface area contributed by atoms with E-state index in [1.807, 2.05) is 12.1 Å². The van der Waals surface area contributed by atoms with Gasteiger partial charge in [-0.15, -0.1) is 0 Å². The van der Waals surface area contributed by atoms with E-state index in [0.717, 1.165) is 19.4 Å². The van der Waals surface area contributed by atoms with E-state index in [0.29, 0.717) is 23.7 Å². The van der Waals surface area contributed by atoms with Crippen molar-refractivity contribution in [2.45, 2.75) is 37.6 Å². The molecule has 6 rings (SSSR count). The molecule has 0 saturated heterocycles. The van der Waals surface area contributed by atoms with Crippen molar-refractivity contribution in [3.8, 4) is 0 Å². The van der Waals surface area contributed by atoms with Crippen LogP contribution < -0.4 is 4.90 Å². The highest BCUT2D eigenvalue weighted by Crippen LogP contribution is 2.58. The lowest BCUT2D eigenvalue weighted by molar-refractivity contribution is -0.384. The van der Waals surface area contributed by atoms with Gasteiger partial charge in [0.05, 0.1) is 11.0 Å². The Balaban J connectivity index is 1.54. The molecule has 4 aliphatic rings. The molecule has 2 aromatic rings. The molecular weight excluding hydrogens is 360 g/mol. The zero-order valence-electron chi connectivity index (χ0n) is 16.5. The monoisotopic (exact) mass is 384 g/mol. The average Bonchev–Trinajstić information content (AvgIpc) is 3.37. The Labute approximate surface area is 170 Å². The number of benzene rings is 2. The van der Waals surface area contributed by atoms with Gasteiger partial charge in [0.1, 0.15) is 0 Å². The molecule has 4 nitrogen and oxygen atoms in total. The van der Waals surface area contributed by atoms with E-state index in [1.165, 1.54) is 27.9 Å². The van der Waals surface area contributed by atoms with Crippen LogP contribution in [-0.2, 0) is 0 Å². The minimum atomic E-state index is -0.309. The molecule has 2 aliphatic carbocycles. The molecule has 0 unspecified atom stereocenters. The number of rotatable bonds is 2. The standard InChI is InChI=1S/C25H24N2O2/c1-15-12-22-19-5-2-4-17(19)14-26-24(16-8-10-18(11-9-16)27(28)29)21-7-3-6-20(21)23(13-15)25(22)26/h2-3,5-6,8-13,17,19-21,24H,4,7,14H2,1H3/t17-,19+,20-,21-,24+/m1/s1. The highest BCUT2D eigenvalue weighted by molar-refractivity contribution is 5.70. The van der Waals surface area contributed by atoms with Crippen molar-refractivity contribution in [3.63, 3.8) is 0 Å². The predicted octanol–water partition coefficient (Wildman–Crippen LogP) is 5.80. The number of hydrogen-bond acceptors (Lipinski definition) is 3. The number of nitro benzene ring substituents is 1. The maximum Gasteiger partial charge on any atom is 0.269 e. The summed E-state index contributed by atoms with van der Waals surface area (Å²) in [5, 5.41) is 11.1. The van der Waals surface area contributed by atoms with Gasteiger partial charge in [-0.1, -0.05) is 54.1 Å². The van der Waals surface area contributed by atoms with Crippen molar-refractivity contribution in [1.29, 1.82) is 0 Å². The first-order chi connectivity index (χ1) is 14.1. The number of hydrogen-bond donors (Lipinski definition) is 0. The first kappa shape index (κ1) is 17.0. The molecule has 4 heteroatoms. The van der Waals surface area contributed by atoms with Gasteiger partial charge in [-0.05, 0) is 48.3 Å². The molecule has 0 spiro atoms. The summed E-state index contributed by atoms with van der Waals surface area (Å²) in [5.74, 6) is 2.08. The largest absolute Gasteiger partial charge is 0.363 e. The Morgan fingerprint density at radius 2 is 1.69 bits per heavy atom. The number of nitrogens with zero attached hydrogens (tertiary/aromatic N) is 2. The Hall–Kier alpha value is -2.88. The summed E-state index contributed by atoms with van der Waals surface area (Å²) >= 11 is 0. The Kier molecular flexibility index (Phi) is 3.55. The molecule has 0 aromatic heterocycles. The summed E-state index contributed by atoms with van der Waals surface area (Å²) in [4.78, 5) is 13.5. The van der Waals surface area contributed by atoms with Gasteiger partial charge in [0.2, 0.25) is 0 Å². The molecule has 2 aromatic carbocycles. The zero-order valence-corrected chi connectivity index (χ0v) is 16.5. The summed E-state index contributed by atoms with van der Waals surface area (Å²) in [6.45, 7) is 3.28. The van der Waals surface area contributed by atoms with E-state index >= 15 is 0 Å². The summed E-state index contributed by atoms with van der Waals surface area (Å²) in [5.41, 5.74) is 7.12. The van der Waals surface area contributed by atoms with E-state index in [-0.39, 0.29) is 16.7 Å². The molecule has 29 heavy (non-hydrogen) atoms. The van der Waals surface area contributed by atoms with Gasteiger partial charge >= 0.3 is 0 Å². The van der Waals surface area contributed by atoms with Crippen LogP contribution in [0.25, 0.3) is 0 Å². The Morgan fingerprint density at radius 1 is 1.00 bits per heavy atom. The first-order valence-corrected chi connectivity index (χ1v) is 10.6. The third-order valence-electron chi connectivity index (χ3n) is 7.44. The summed E-state index contributed by atoms with van der Waals surface area (Å²) in [6, 6.07) is 12.4. The second-order valence-corrected chi connectivity index (χ2v) is 9.04. The van der Waals surface area contributed by atoms with Crippen LogP contribution in [0.2, 0.25) is 0 Å². The van der Waals surface area contributed by atoms with Crippen LogP contribution in [0.15, 0.2) is 60.7 Å². The fourth-order valence-electron chi connectivity index (χ4n) is 6.30. The van der Waals surface area contributed by atoms with E-state index in [1.54, 1.807) is 12.1 Å². The van der Waals surface area contributed by atoms with Gasteiger partial charge in [-0.25, -0.2) is 0 Å². The molecule has 0 fully saturated rings. The molecule has 5 atom stereocenters. The Morgan fingerprint density at radius 3 is 2.45 bits per heavy atom. The van der Waals surface area contributed by atoms with Crippen molar-refractivity contribution in [2.75, 3.05) is 11.4 Å². The van der Waals surface area contributed by atoms with Gasteiger partial charge < -0.3 is 4.90 Å². The van der Waals surface area contributed by atoms with Crippen molar-refractivity contribution in [2.24, 2.45) is 11.8 Å². The summed E-state index contributed by atoms with van der Waals surface area (Å²) in [6.07, 6.45) is 11.7. The van der Waals surface area contributed by atoms with Crippen molar-refractivity contribution < 1.29 is 4.92 Å². The van der Waals surface area contributed by atoms with Crippen LogP contribution >= 0.6 is 0 Å². The summed E-state index contributed by atoms with van der Waals surface area (Å²) in [7, 11) is 0. The van der Waals surface area contributed by atoms with Gasteiger partial charge in [0.25, 0.3) is 5.69 Å². The number of allylic oxidation sites excluding steroid dienone is 4. The molecule has 0 amide bonds. The molecule has 2 aliphatic heterocycles. The van der Waals surface area contributed by atoms with Crippen LogP contribution in [0.5, 0.6) is 0 Å². The molecule has 0 N–H and O–H groups in total. The highest BCUT2D eigenvalue weighted by atomic mass is 16.6. The predicted molar refractivity (Wildman–Crippen MR) is 114 cm³/mol. The minimum absolute atomic E-state index is 0.168. The summed E-state index contributed by atoms with van der Waals surface area (Å²) < 4.78 is 0. The Bertz CT molecular complexity index is 1050. The number of non-ortho nitro benzene ring substituents is 1. The molecule has 0 radical (unpaired) electrons. The maximum absolute atomic E-state index is 11.1. The molecule has 146 valence electrons. The number of anilines is 1. The fourth-order valence-corrected chi connectivity index (χ4v) is 6.30. The van der Waals surface area contributed by atoms with Crippen LogP contribution in [0.4, 0.5) is 11.4 Å². The first-order valence-electron chi connectivity index (χ1n) is 10.6. The smallest absolute Gasteiger partial charge is 0.269 e. The third-order valence-corrected chi connectivity index (χ3v) is 7.44. The number of nitro groups is 1. The second-order valence-electron chi connectivity index (χ2n) is 9.04. The number of fused-ring (bicyclic) bond motifs is 4. The quantitative estimate of drug-likeness (QED) is 0.374. The van der Waals surface area contributed by atoms with E-state index in [9.17, 15) is 10.1 Å². The topological polar surface area (TPSA) is 46.4 Å². The normalized spacial score (nSPS) is 30.8. The van der Waals surface area contributed by atoms with Crippen LogP contribution in [0, 0.1) is 28.9 Å². The average molecular weight is 384 g/mol. The van der Waals surface area contributed by atoms with Gasteiger partial charge in [-0.2, -0.15) is 0 Å². The molecular formula is C25H24N2O2. The van der Waals surface area contributed by atoms with Crippen LogP contribution in [0.3, 0.4) is 0 Å². The van der Waals surface area contributed by atoms with Crippen molar-refractivity contribution >= 4 is 11.4 Å². The maximum atomic E-state index is 11.1. The number of aryl methyl sites for hydroxylation is 1. The third kappa shape index (κ3) is 2.38. The van der Waals surface area contributed by atoms with Gasteiger partial charge in [0.15, 0.2) is 0 Å². The van der Waals surface area contributed by atoms with E-state index in [2.05, 4.69) is 48.3 Å². The highest BCUT2D eigenvalue weighted by Gasteiger charge is 2.47. The fraction of sp³-hybridized carbons (Fsp3) is 0.360. The van der Waals surface area contributed by atoms with E-state index < -0.39 is 0 Å². The molecule has 0 bridgehead atoms. The van der Waals surface area contributed by atoms with Crippen molar-refractivity contribution in [3.05, 3.63) is 93.1 Å². The zero-order chi connectivity index (χ0) is 19.7. The molecule has 0 saturated carbocycles. The van der Waals surface area contributed by atoms with Crippen LogP contribution in [-0.4, -0.2) is 11.5 Å². The minimum Gasteiger partial charge on any atom is -0.363 e.